The van der Waals surface area contributed by atoms with E-state index in [0.29, 0.717) is 25.2 Å². The van der Waals surface area contributed by atoms with Crippen molar-refractivity contribution >= 4 is 11.9 Å². The molecule has 1 spiro atoms. The number of carbonyl (C=O) groups is 2. The number of rotatable bonds is 5. The first kappa shape index (κ1) is 18.9. The fourth-order valence-electron chi connectivity index (χ4n) is 4.28. The van der Waals surface area contributed by atoms with E-state index in [2.05, 4.69) is 17.0 Å². The van der Waals surface area contributed by atoms with Crippen LogP contribution in [0.25, 0.3) is 0 Å². The molecule has 1 N–H and O–H groups in total. The molecule has 7 nitrogen and oxygen atoms in total. The number of nitrogens with zero attached hydrogens (tertiary/aromatic N) is 3. The van der Waals surface area contributed by atoms with E-state index in [4.69, 9.17) is 4.52 Å². The molecule has 144 valence electrons. The van der Waals surface area contributed by atoms with Gasteiger partial charge in [0.25, 0.3) is 5.91 Å². The number of likely N-dealkylation sites (tertiary alicyclic amines) is 2. The largest absolute Gasteiger partial charge is 0.480 e. The monoisotopic (exact) mass is 363 g/mol. The molecule has 0 aromatic carbocycles. The van der Waals surface area contributed by atoms with Gasteiger partial charge in [0, 0.05) is 31.6 Å². The van der Waals surface area contributed by atoms with Gasteiger partial charge < -0.3 is 14.5 Å². The molecule has 2 aliphatic rings. The van der Waals surface area contributed by atoms with E-state index >= 15 is 0 Å². The lowest BCUT2D eigenvalue weighted by Gasteiger charge is -2.39. The van der Waals surface area contributed by atoms with Gasteiger partial charge in [0.15, 0.2) is 5.69 Å². The van der Waals surface area contributed by atoms with Crippen LogP contribution in [0, 0.1) is 5.41 Å². The minimum Gasteiger partial charge on any atom is -0.480 e. The van der Waals surface area contributed by atoms with Crippen LogP contribution in [-0.2, 0) is 4.79 Å². The van der Waals surface area contributed by atoms with Crippen LogP contribution in [0.5, 0.6) is 0 Å². The fourth-order valence-corrected chi connectivity index (χ4v) is 4.28. The van der Waals surface area contributed by atoms with E-state index in [1.54, 1.807) is 6.07 Å². The summed E-state index contributed by atoms with van der Waals surface area (Å²) in [5.41, 5.74) is 0.383. The van der Waals surface area contributed by atoms with Crippen LogP contribution in [-0.4, -0.2) is 64.2 Å². The van der Waals surface area contributed by atoms with Crippen LogP contribution < -0.4 is 0 Å². The molecule has 1 amide bonds. The molecule has 0 aliphatic carbocycles. The Morgan fingerprint density at radius 3 is 2.62 bits per heavy atom. The molecule has 2 saturated heterocycles. The van der Waals surface area contributed by atoms with Gasteiger partial charge in [-0.15, -0.1) is 0 Å². The summed E-state index contributed by atoms with van der Waals surface area (Å²) < 4.78 is 5.24. The molecule has 2 aliphatic heterocycles. The summed E-state index contributed by atoms with van der Waals surface area (Å²) >= 11 is 0. The fraction of sp³-hybridized carbons (Fsp3) is 0.737. The number of carboxylic acids is 1. The standard InChI is InChI=1S/C19H29N3O4/c1-4-7-22-12-19(11-15(22)18(24)25)5-8-21(9-6-19)17(23)14-10-16(13(2)3)26-20-14/h10,13,15H,4-9,11-12H2,1-3H3,(H,24,25)/t15-/m1/s1. The average molecular weight is 363 g/mol. The van der Waals surface area contributed by atoms with Crippen LogP contribution in [0.15, 0.2) is 10.6 Å². The molecule has 1 atom stereocenters. The third kappa shape index (κ3) is 3.63. The number of amides is 1. The number of aliphatic carboxylic acids is 1. The minimum absolute atomic E-state index is 0.0158. The number of hydrogen-bond donors (Lipinski definition) is 1. The highest BCUT2D eigenvalue weighted by molar-refractivity contribution is 5.92. The summed E-state index contributed by atoms with van der Waals surface area (Å²) in [5, 5.41) is 13.5. The Hall–Kier alpha value is -1.89. The molecule has 0 saturated carbocycles. The van der Waals surface area contributed by atoms with Crippen LogP contribution in [0.3, 0.4) is 0 Å². The molecule has 0 unspecified atom stereocenters. The van der Waals surface area contributed by atoms with Crippen molar-refractivity contribution in [1.29, 1.82) is 0 Å². The average Bonchev–Trinajstić information content (AvgIpc) is 3.21. The Morgan fingerprint density at radius 2 is 2.08 bits per heavy atom. The normalized spacial score (nSPS) is 23.1. The predicted octanol–water partition coefficient (Wildman–Crippen LogP) is 2.59. The van der Waals surface area contributed by atoms with Crippen molar-refractivity contribution in [3.8, 4) is 0 Å². The first-order chi connectivity index (χ1) is 12.3. The van der Waals surface area contributed by atoms with Crippen LogP contribution >= 0.6 is 0 Å². The van der Waals surface area contributed by atoms with Crippen molar-refractivity contribution in [2.75, 3.05) is 26.2 Å². The number of hydrogen-bond acceptors (Lipinski definition) is 5. The van der Waals surface area contributed by atoms with Crippen LogP contribution in [0.2, 0.25) is 0 Å². The molecule has 3 heterocycles. The van der Waals surface area contributed by atoms with Crippen molar-refractivity contribution in [2.45, 2.75) is 58.4 Å². The van der Waals surface area contributed by atoms with E-state index in [0.717, 1.165) is 38.1 Å². The van der Waals surface area contributed by atoms with Gasteiger partial charge >= 0.3 is 5.97 Å². The molecule has 1 aromatic rings. The highest BCUT2D eigenvalue weighted by Gasteiger charge is 2.48. The molecular formula is C19H29N3O4. The first-order valence-corrected chi connectivity index (χ1v) is 9.58. The summed E-state index contributed by atoms with van der Waals surface area (Å²) in [6.07, 6.45) is 3.33. The maximum atomic E-state index is 12.7. The summed E-state index contributed by atoms with van der Waals surface area (Å²) in [4.78, 5) is 28.2. The SMILES string of the molecule is CCCN1CC2(CCN(C(=O)c3cc(C(C)C)on3)CC2)C[C@@H]1C(=O)O. The summed E-state index contributed by atoms with van der Waals surface area (Å²) in [6.45, 7) is 9.01. The van der Waals surface area contributed by atoms with Crippen LogP contribution in [0.4, 0.5) is 0 Å². The van der Waals surface area contributed by atoms with Gasteiger partial charge in [-0.3, -0.25) is 14.5 Å². The molecule has 3 rings (SSSR count). The number of aromatic nitrogens is 1. The second-order valence-corrected chi connectivity index (χ2v) is 8.09. The van der Waals surface area contributed by atoms with Gasteiger partial charge in [-0.05, 0) is 37.6 Å². The quantitative estimate of drug-likeness (QED) is 0.865. The van der Waals surface area contributed by atoms with Gasteiger partial charge in [-0.1, -0.05) is 25.9 Å². The molecule has 2 fully saturated rings. The second-order valence-electron chi connectivity index (χ2n) is 8.09. The molecule has 0 bridgehead atoms. The third-order valence-electron chi connectivity index (χ3n) is 5.83. The minimum atomic E-state index is -0.724. The molecule has 26 heavy (non-hydrogen) atoms. The topological polar surface area (TPSA) is 86.9 Å². The van der Waals surface area contributed by atoms with E-state index in [9.17, 15) is 14.7 Å². The van der Waals surface area contributed by atoms with Crippen molar-refractivity contribution in [3.63, 3.8) is 0 Å². The third-order valence-corrected chi connectivity index (χ3v) is 5.83. The molecule has 7 heteroatoms. The van der Waals surface area contributed by atoms with E-state index in [1.165, 1.54) is 0 Å². The highest BCUT2D eigenvalue weighted by atomic mass is 16.5. The zero-order chi connectivity index (χ0) is 18.9. The maximum Gasteiger partial charge on any atom is 0.320 e. The van der Waals surface area contributed by atoms with E-state index in [-0.39, 0.29) is 23.3 Å². The van der Waals surface area contributed by atoms with Gasteiger partial charge in [0.2, 0.25) is 0 Å². The first-order valence-electron chi connectivity index (χ1n) is 9.58. The lowest BCUT2D eigenvalue weighted by Crippen LogP contribution is -2.44. The van der Waals surface area contributed by atoms with Crippen molar-refractivity contribution in [3.05, 3.63) is 17.5 Å². The Balaban J connectivity index is 1.63. The summed E-state index contributed by atoms with van der Waals surface area (Å²) in [7, 11) is 0. The smallest absolute Gasteiger partial charge is 0.320 e. The lowest BCUT2D eigenvalue weighted by molar-refractivity contribution is -0.142. The van der Waals surface area contributed by atoms with E-state index in [1.807, 2.05) is 18.7 Å². The molecule has 0 radical (unpaired) electrons. The molecule has 1 aromatic heterocycles. The van der Waals surface area contributed by atoms with E-state index < -0.39 is 5.97 Å². The zero-order valence-electron chi connectivity index (χ0n) is 15.9. The van der Waals surface area contributed by atoms with Gasteiger partial charge in [-0.25, -0.2) is 0 Å². The highest BCUT2D eigenvalue weighted by Crippen LogP contribution is 2.43. The second kappa shape index (κ2) is 7.39. The Labute approximate surface area is 154 Å². The lowest BCUT2D eigenvalue weighted by atomic mass is 9.76. The van der Waals surface area contributed by atoms with Gasteiger partial charge in [-0.2, -0.15) is 0 Å². The Morgan fingerprint density at radius 1 is 1.38 bits per heavy atom. The Kier molecular flexibility index (Phi) is 5.37. The van der Waals surface area contributed by atoms with Crippen molar-refractivity contribution in [2.24, 2.45) is 5.41 Å². The van der Waals surface area contributed by atoms with Gasteiger partial charge in [0.05, 0.1) is 0 Å². The Bertz CT molecular complexity index is 661. The number of carbonyl (C=O) groups excluding carboxylic acids is 1. The number of piperidine rings is 1. The van der Waals surface area contributed by atoms with Crippen molar-refractivity contribution in [1.82, 2.24) is 15.0 Å². The zero-order valence-corrected chi connectivity index (χ0v) is 15.9. The van der Waals surface area contributed by atoms with Crippen molar-refractivity contribution < 1.29 is 19.2 Å². The predicted molar refractivity (Wildman–Crippen MR) is 96.1 cm³/mol. The molecular weight excluding hydrogens is 334 g/mol. The van der Waals surface area contributed by atoms with Crippen LogP contribution in [0.1, 0.15) is 68.6 Å². The summed E-state index contributed by atoms with van der Waals surface area (Å²) in [5.74, 6) is 0.105. The summed E-state index contributed by atoms with van der Waals surface area (Å²) in [6, 6.07) is 1.34. The number of carboxylic acid groups (broad SMARTS) is 1. The maximum absolute atomic E-state index is 12.7. The van der Waals surface area contributed by atoms with Gasteiger partial charge in [0.1, 0.15) is 11.8 Å².